The van der Waals surface area contributed by atoms with E-state index in [1.54, 1.807) is 6.66 Å². The molecule has 2 nitrogen and oxygen atoms in total. The van der Waals surface area contributed by atoms with Gasteiger partial charge in [-0.05, 0) is 32.3 Å². The van der Waals surface area contributed by atoms with Crippen LogP contribution in [0.25, 0.3) is 0 Å². The quantitative estimate of drug-likeness (QED) is 0.742. The second-order valence-corrected chi connectivity index (χ2v) is 8.95. The predicted molar refractivity (Wildman–Crippen MR) is 60.0 cm³/mol. The molecule has 1 heterocycles. The Labute approximate surface area is 85.8 Å². The van der Waals surface area contributed by atoms with Gasteiger partial charge in [0.05, 0.1) is 18.5 Å². The molecule has 0 aliphatic carbocycles. The molecule has 0 radical (unpaired) electrons. The van der Waals surface area contributed by atoms with Crippen molar-refractivity contribution in [3.63, 3.8) is 0 Å². The minimum absolute atomic E-state index is 0.324. The lowest BCUT2D eigenvalue weighted by Gasteiger charge is -2.19. The third-order valence-electron chi connectivity index (χ3n) is 2.54. The molecule has 1 N–H and O–H groups in total. The van der Waals surface area contributed by atoms with Crippen molar-refractivity contribution in [3.8, 4) is 0 Å². The van der Waals surface area contributed by atoms with Crippen molar-refractivity contribution < 1.29 is 9.63 Å². The Morgan fingerprint density at radius 3 is 2.69 bits per heavy atom. The zero-order valence-corrected chi connectivity index (χ0v) is 10.3. The molecular weight excluding hydrogens is 203 g/mol. The molecule has 1 aliphatic heterocycles. The SMILES string of the molecule is CC[C@H]1O[C@@H](C)C[C@H]1CP(C)(O)=S. The zero-order valence-electron chi connectivity index (χ0n) is 8.56. The zero-order chi connectivity index (χ0) is 10.1. The molecule has 1 rings (SSSR count). The summed E-state index contributed by atoms with van der Waals surface area (Å²) in [5, 5.41) is 0. The van der Waals surface area contributed by atoms with Crippen molar-refractivity contribution in [1.29, 1.82) is 0 Å². The molecule has 0 bridgehead atoms. The Morgan fingerprint density at radius 2 is 2.23 bits per heavy atom. The van der Waals surface area contributed by atoms with E-state index in [1.807, 2.05) is 0 Å². The summed E-state index contributed by atoms with van der Waals surface area (Å²) >= 11 is 5.07. The summed E-state index contributed by atoms with van der Waals surface area (Å²) in [4.78, 5) is 9.65. The van der Waals surface area contributed by atoms with Crippen LogP contribution in [0.4, 0.5) is 0 Å². The van der Waals surface area contributed by atoms with Crippen molar-refractivity contribution >= 4 is 18.1 Å². The van der Waals surface area contributed by atoms with Crippen molar-refractivity contribution in [2.24, 2.45) is 5.92 Å². The van der Waals surface area contributed by atoms with Crippen LogP contribution in [0.15, 0.2) is 0 Å². The Balaban J connectivity index is 2.54. The van der Waals surface area contributed by atoms with E-state index in [9.17, 15) is 4.89 Å². The first kappa shape index (κ1) is 11.6. The molecule has 0 saturated carbocycles. The monoisotopic (exact) mass is 222 g/mol. The van der Waals surface area contributed by atoms with Gasteiger partial charge in [-0.3, -0.25) is 0 Å². The first-order chi connectivity index (χ1) is 5.92. The predicted octanol–water partition coefficient (Wildman–Crippen LogP) is 2.21. The van der Waals surface area contributed by atoms with E-state index in [-0.39, 0.29) is 0 Å². The highest BCUT2D eigenvalue weighted by atomic mass is 32.4. The van der Waals surface area contributed by atoms with Gasteiger partial charge in [0.25, 0.3) is 0 Å². The average Bonchev–Trinajstić information content (AvgIpc) is 2.27. The third kappa shape index (κ3) is 3.67. The largest absolute Gasteiger partial charge is 0.375 e. The minimum Gasteiger partial charge on any atom is -0.375 e. The maximum atomic E-state index is 9.65. The first-order valence-electron chi connectivity index (χ1n) is 4.87. The van der Waals surface area contributed by atoms with Crippen LogP contribution < -0.4 is 0 Å². The van der Waals surface area contributed by atoms with Crippen molar-refractivity contribution in [2.75, 3.05) is 12.8 Å². The number of hydrogen-bond donors (Lipinski definition) is 1. The maximum Gasteiger partial charge on any atom is 0.0611 e. The second-order valence-electron chi connectivity index (χ2n) is 4.12. The number of ether oxygens (including phenoxy) is 1. The second kappa shape index (κ2) is 4.39. The molecule has 0 aromatic heterocycles. The normalized spacial score (nSPS) is 38.9. The molecule has 1 unspecified atom stereocenters. The molecule has 1 saturated heterocycles. The molecule has 1 fully saturated rings. The third-order valence-corrected chi connectivity index (χ3v) is 4.14. The van der Waals surface area contributed by atoms with Gasteiger partial charge in [-0.15, -0.1) is 0 Å². The standard InChI is InChI=1S/C9H19O2PS/c1-4-9-8(5-7(2)11-9)6-12(3,10)13/h7-9H,4-6H2,1-3H3,(H,10,13)/t7-,8-,9+,12?/m0/s1. The van der Waals surface area contributed by atoms with E-state index >= 15 is 0 Å². The smallest absolute Gasteiger partial charge is 0.0611 e. The van der Waals surface area contributed by atoms with Gasteiger partial charge in [0.2, 0.25) is 0 Å². The lowest BCUT2D eigenvalue weighted by atomic mass is 10.0. The van der Waals surface area contributed by atoms with E-state index in [0.717, 1.165) is 19.0 Å². The Bertz CT molecular complexity index is 214. The van der Waals surface area contributed by atoms with Gasteiger partial charge in [0.15, 0.2) is 0 Å². The molecule has 4 heteroatoms. The summed E-state index contributed by atoms with van der Waals surface area (Å²) < 4.78 is 5.73. The molecular formula is C9H19O2PS. The van der Waals surface area contributed by atoms with Gasteiger partial charge < -0.3 is 9.63 Å². The van der Waals surface area contributed by atoms with E-state index in [1.165, 1.54) is 0 Å². The van der Waals surface area contributed by atoms with Gasteiger partial charge in [-0.2, -0.15) is 0 Å². The van der Waals surface area contributed by atoms with Gasteiger partial charge in [-0.25, -0.2) is 0 Å². The fourth-order valence-electron chi connectivity index (χ4n) is 2.10. The molecule has 13 heavy (non-hydrogen) atoms. The van der Waals surface area contributed by atoms with Gasteiger partial charge in [-0.1, -0.05) is 18.7 Å². The highest BCUT2D eigenvalue weighted by molar-refractivity contribution is 8.11. The Kier molecular flexibility index (Phi) is 3.94. The van der Waals surface area contributed by atoms with Crippen LogP contribution in [0.1, 0.15) is 26.7 Å². The highest BCUT2D eigenvalue weighted by Gasteiger charge is 2.33. The van der Waals surface area contributed by atoms with Crippen LogP contribution in [-0.4, -0.2) is 29.9 Å². The Hall–Kier alpha value is 0.570. The molecule has 0 amide bonds. The number of hydrogen-bond acceptors (Lipinski definition) is 2. The molecule has 1 aliphatic rings. The van der Waals surface area contributed by atoms with E-state index in [2.05, 4.69) is 13.8 Å². The van der Waals surface area contributed by atoms with E-state index in [4.69, 9.17) is 16.5 Å². The van der Waals surface area contributed by atoms with Crippen molar-refractivity contribution in [1.82, 2.24) is 0 Å². The first-order valence-corrected chi connectivity index (χ1v) is 8.26. The fraction of sp³-hybridized carbons (Fsp3) is 1.00. The summed E-state index contributed by atoms with van der Waals surface area (Å²) in [5.41, 5.74) is 0. The molecule has 78 valence electrons. The summed E-state index contributed by atoms with van der Waals surface area (Å²) in [5.74, 6) is 0.487. The maximum absolute atomic E-state index is 9.65. The van der Waals surface area contributed by atoms with Crippen LogP contribution in [-0.2, 0) is 16.5 Å². The molecule has 0 aromatic carbocycles. The van der Waals surface area contributed by atoms with Crippen LogP contribution >= 0.6 is 6.26 Å². The van der Waals surface area contributed by atoms with E-state index in [0.29, 0.717) is 18.1 Å². The summed E-state index contributed by atoms with van der Waals surface area (Å²) in [7, 11) is 0. The van der Waals surface area contributed by atoms with Gasteiger partial charge in [0, 0.05) is 6.16 Å². The van der Waals surface area contributed by atoms with Crippen LogP contribution in [0.5, 0.6) is 0 Å². The van der Waals surface area contributed by atoms with Crippen LogP contribution in [0.2, 0.25) is 0 Å². The number of rotatable bonds is 3. The fourth-order valence-corrected chi connectivity index (χ4v) is 3.93. The average molecular weight is 222 g/mol. The van der Waals surface area contributed by atoms with Crippen LogP contribution in [0, 0.1) is 5.92 Å². The molecule has 0 spiro atoms. The van der Waals surface area contributed by atoms with Crippen molar-refractivity contribution in [2.45, 2.75) is 38.9 Å². The lowest BCUT2D eigenvalue weighted by Crippen LogP contribution is -2.18. The molecule has 0 aromatic rings. The lowest BCUT2D eigenvalue weighted by molar-refractivity contribution is 0.0440. The van der Waals surface area contributed by atoms with E-state index < -0.39 is 6.26 Å². The van der Waals surface area contributed by atoms with Crippen LogP contribution in [0.3, 0.4) is 0 Å². The summed E-state index contributed by atoms with van der Waals surface area (Å²) in [6.07, 6.45) is 1.50. The van der Waals surface area contributed by atoms with Gasteiger partial charge in [0.1, 0.15) is 0 Å². The highest BCUT2D eigenvalue weighted by Crippen LogP contribution is 2.43. The van der Waals surface area contributed by atoms with Gasteiger partial charge >= 0.3 is 0 Å². The molecule has 4 atom stereocenters. The van der Waals surface area contributed by atoms with Crippen molar-refractivity contribution in [3.05, 3.63) is 0 Å². The minimum atomic E-state index is -2.04. The Morgan fingerprint density at radius 1 is 1.62 bits per heavy atom. The topological polar surface area (TPSA) is 29.5 Å². The summed E-state index contributed by atoms with van der Waals surface area (Å²) in [6.45, 7) is 6.03. The summed E-state index contributed by atoms with van der Waals surface area (Å²) in [6, 6.07) is 0.